The molecule has 37 heavy (non-hydrogen) atoms. The van der Waals surface area contributed by atoms with Crippen molar-refractivity contribution in [3.05, 3.63) is 59.2 Å². The Morgan fingerprint density at radius 3 is 2.57 bits per heavy atom. The number of carbonyl (C=O) groups is 2. The van der Waals surface area contributed by atoms with Gasteiger partial charge in [-0.05, 0) is 67.9 Å². The smallest absolute Gasteiger partial charge is 0.253 e. The van der Waals surface area contributed by atoms with Gasteiger partial charge in [0, 0.05) is 42.3 Å². The van der Waals surface area contributed by atoms with Crippen LogP contribution in [0.2, 0.25) is 0 Å². The summed E-state index contributed by atoms with van der Waals surface area (Å²) in [5, 5.41) is 7.45. The van der Waals surface area contributed by atoms with E-state index >= 15 is 0 Å². The number of halogens is 1. The Bertz CT molecular complexity index is 1240. The molecule has 1 aliphatic carbocycles. The lowest BCUT2D eigenvalue weighted by Crippen LogP contribution is -2.38. The molecule has 2 N–H and O–H groups in total. The lowest BCUT2D eigenvalue weighted by atomic mass is 9.88. The van der Waals surface area contributed by atoms with Gasteiger partial charge >= 0.3 is 0 Å². The minimum atomic E-state index is -0.155. The highest BCUT2D eigenvalue weighted by atomic mass is 35.5. The van der Waals surface area contributed by atoms with Crippen molar-refractivity contribution in [1.29, 1.82) is 0 Å². The first-order chi connectivity index (χ1) is 17.6. The molecule has 8 heteroatoms. The van der Waals surface area contributed by atoms with E-state index in [1.807, 2.05) is 4.90 Å². The number of rotatable bonds is 7. The third-order valence-electron chi connectivity index (χ3n) is 7.60. The number of allylic oxidation sites excluding steroid dienone is 3. The number of imidazole rings is 1. The van der Waals surface area contributed by atoms with Crippen LogP contribution >= 0.6 is 11.6 Å². The predicted molar refractivity (Wildman–Crippen MR) is 150 cm³/mol. The number of carbonyl (C=O) groups excluding carboxylic acids is 2. The summed E-state index contributed by atoms with van der Waals surface area (Å²) < 4.78 is 2.14. The van der Waals surface area contributed by atoms with Crippen LogP contribution in [-0.2, 0) is 16.1 Å². The van der Waals surface area contributed by atoms with Gasteiger partial charge in [-0.1, -0.05) is 51.1 Å². The van der Waals surface area contributed by atoms with Gasteiger partial charge in [0.1, 0.15) is 0 Å². The Hall–Kier alpha value is -2.90. The van der Waals surface area contributed by atoms with Crippen LogP contribution in [-0.4, -0.2) is 45.4 Å². The quantitative estimate of drug-likeness (QED) is 0.457. The predicted octanol–water partition coefficient (Wildman–Crippen LogP) is 5.69. The molecular weight excluding hydrogens is 486 g/mol. The van der Waals surface area contributed by atoms with Gasteiger partial charge in [-0.25, -0.2) is 4.98 Å². The highest BCUT2D eigenvalue weighted by molar-refractivity contribution is 6.29. The van der Waals surface area contributed by atoms with Crippen molar-refractivity contribution < 1.29 is 9.59 Å². The maximum Gasteiger partial charge on any atom is 0.253 e. The van der Waals surface area contributed by atoms with Crippen LogP contribution in [0.4, 0.5) is 5.95 Å². The van der Waals surface area contributed by atoms with Crippen LogP contribution in [0.3, 0.4) is 0 Å². The minimum absolute atomic E-state index is 0.0416. The molecule has 0 bridgehead atoms. The lowest BCUT2D eigenvalue weighted by Gasteiger charge is -2.33. The first kappa shape index (κ1) is 27.1. The molecule has 2 aromatic rings. The number of anilines is 1. The molecule has 4 rings (SSSR count). The monoisotopic (exact) mass is 523 g/mol. The summed E-state index contributed by atoms with van der Waals surface area (Å²) in [4.78, 5) is 31.9. The molecule has 198 valence electrons. The first-order valence-corrected chi connectivity index (χ1v) is 13.5. The zero-order valence-corrected chi connectivity index (χ0v) is 23.1. The minimum Gasteiger partial charge on any atom is -0.339 e. The van der Waals surface area contributed by atoms with E-state index in [9.17, 15) is 9.59 Å². The average molecular weight is 524 g/mol. The number of likely N-dealkylation sites (tertiary alicyclic amines) is 1. The number of aromatic nitrogens is 2. The van der Waals surface area contributed by atoms with E-state index in [2.05, 4.69) is 67.7 Å². The van der Waals surface area contributed by atoms with Crippen LogP contribution in [0.25, 0.3) is 11.0 Å². The molecule has 0 spiro atoms. The standard InChI is InChI=1S/C29H38ClN5O2/c1-6-26(36)34-15-13-23(14-16-34)35-25-12-7-20(18-31-19(2)29(3,4)5)17-24(25)32-28(35)33-27(37)21-8-10-22(30)11-9-21/h6-8,10,12,17,19,23,31H,1,9,11,13-16,18H2,2-5H3,(H,32,33,37). The molecule has 1 fully saturated rings. The number of benzene rings is 1. The zero-order valence-electron chi connectivity index (χ0n) is 22.3. The van der Waals surface area contributed by atoms with Gasteiger partial charge in [0.2, 0.25) is 11.9 Å². The van der Waals surface area contributed by atoms with E-state index in [1.165, 1.54) is 6.08 Å². The Kier molecular flexibility index (Phi) is 8.24. The van der Waals surface area contributed by atoms with Crippen LogP contribution < -0.4 is 10.6 Å². The second kappa shape index (κ2) is 11.2. The van der Waals surface area contributed by atoms with E-state index in [1.54, 1.807) is 12.2 Å². The molecule has 1 aromatic carbocycles. The second-order valence-electron chi connectivity index (χ2n) is 11.1. The van der Waals surface area contributed by atoms with Gasteiger partial charge in [-0.15, -0.1) is 0 Å². The van der Waals surface area contributed by atoms with Crippen LogP contribution in [0.5, 0.6) is 0 Å². The van der Waals surface area contributed by atoms with Gasteiger partial charge in [0.05, 0.1) is 11.0 Å². The molecule has 1 atom stereocenters. The number of hydrogen-bond acceptors (Lipinski definition) is 4. The number of hydrogen-bond donors (Lipinski definition) is 2. The molecule has 2 amide bonds. The normalized spacial score (nSPS) is 17.8. The highest BCUT2D eigenvalue weighted by Gasteiger charge is 2.27. The molecule has 7 nitrogen and oxygen atoms in total. The third kappa shape index (κ3) is 6.33. The molecule has 2 heterocycles. The van der Waals surface area contributed by atoms with E-state index in [4.69, 9.17) is 16.6 Å². The van der Waals surface area contributed by atoms with Crippen molar-refractivity contribution in [2.75, 3.05) is 18.4 Å². The molecule has 1 aromatic heterocycles. The Morgan fingerprint density at radius 1 is 1.22 bits per heavy atom. The van der Waals surface area contributed by atoms with Gasteiger partial charge < -0.3 is 14.8 Å². The summed E-state index contributed by atoms with van der Waals surface area (Å²) in [6.07, 6.45) is 7.76. The number of nitrogens with one attached hydrogen (secondary N) is 2. The largest absolute Gasteiger partial charge is 0.339 e. The van der Waals surface area contributed by atoms with Crippen LogP contribution in [0.15, 0.2) is 53.6 Å². The molecule has 1 aliphatic heterocycles. The SMILES string of the molecule is C=CC(=O)N1CCC(n2c(NC(=O)C3=CC=C(Cl)CC3)nc3cc(CNC(C)C(C)(C)C)ccc32)CC1. The summed E-state index contributed by atoms with van der Waals surface area (Å²) in [6.45, 7) is 14.5. The van der Waals surface area contributed by atoms with Crippen molar-refractivity contribution in [1.82, 2.24) is 19.8 Å². The molecule has 2 aliphatic rings. The van der Waals surface area contributed by atoms with Crippen molar-refractivity contribution >= 4 is 40.4 Å². The van der Waals surface area contributed by atoms with Crippen molar-refractivity contribution in [3.63, 3.8) is 0 Å². The van der Waals surface area contributed by atoms with E-state index < -0.39 is 0 Å². The van der Waals surface area contributed by atoms with E-state index in [0.29, 0.717) is 43.5 Å². The molecule has 1 unspecified atom stereocenters. The van der Waals surface area contributed by atoms with Gasteiger partial charge in [0.25, 0.3) is 5.91 Å². The average Bonchev–Trinajstić information content (AvgIpc) is 3.23. The number of amides is 2. The maximum atomic E-state index is 13.1. The van der Waals surface area contributed by atoms with Crippen LogP contribution in [0, 0.1) is 5.41 Å². The summed E-state index contributed by atoms with van der Waals surface area (Å²) in [5.74, 6) is 0.348. The number of piperidine rings is 1. The summed E-state index contributed by atoms with van der Waals surface area (Å²) >= 11 is 6.09. The molecule has 0 saturated carbocycles. The van der Waals surface area contributed by atoms with Gasteiger partial charge in [-0.2, -0.15) is 0 Å². The Labute approximate surface area is 224 Å². The fourth-order valence-electron chi connectivity index (χ4n) is 4.75. The Balaban J connectivity index is 1.62. The second-order valence-corrected chi connectivity index (χ2v) is 11.6. The topological polar surface area (TPSA) is 79.3 Å². The zero-order chi connectivity index (χ0) is 26.7. The van der Waals surface area contributed by atoms with Crippen molar-refractivity contribution in [2.24, 2.45) is 5.41 Å². The fraction of sp³-hybridized carbons (Fsp3) is 0.483. The van der Waals surface area contributed by atoms with E-state index in [0.717, 1.165) is 41.0 Å². The van der Waals surface area contributed by atoms with Crippen molar-refractivity contribution in [2.45, 2.75) is 72.0 Å². The first-order valence-electron chi connectivity index (χ1n) is 13.1. The molecular formula is C29H38ClN5O2. The maximum absolute atomic E-state index is 13.1. The van der Waals surface area contributed by atoms with Gasteiger partial charge in [-0.3, -0.25) is 14.9 Å². The lowest BCUT2D eigenvalue weighted by molar-refractivity contribution is -0.127. The van der Waals surface area contributed by atoms with E-state index in [-0.39, 0.29) is 23.3 Å². The fourth-order valence-corrected chi connectivity index (χ4v) is 4.90. The third-order valence-corrected chi connectivity index (χ3v) is 7.91. The van der Waals surface area contributed by atoms with Crippen LogP contribution in [0.1, 0.15) is 65.0 Å². The highest BCUT2D eigenvalue weighted by Crippen LogP contribution is 2.32. The van der Waals surface area contributed by atoms with Crippen molar-refractivity contribution in [3.8, 4) is 0 Å². The summed E-state index contributed by atoms with van der Waals surface area (Å²) in [5.41, 5.74) is 3.83. The molecule has 0 radical (unpaired) electrons. The summed E-state index contributed by atoms with van der Waals surface area (Å²) in [6, 6.07) is 6.80. The molecule has 1 saturated heterocycles. The summed E-state index contributed by atoms with van der Waals surface area (Å²) in [7, 11) is 0. The number of fused-ring (bicyclic) bond motifs is 1. The number of nitrogens with zero attached hydrogens (tertiary/aromatic N) is 3. The van der Waals surface area contributed by atoms with Gasteiger partial charge in [0.15, 0.2) is 0 Å². The Morgan fingerprint density at radius 2 is 1.95 bits per heavy atom.